The molecule has 0 saturated carbocycles. The van der Waals surface area contributed by atoms with Gasteiger partial charge in [-0.2, -0.15) is 0 Å². The lowest BCUT2D eigenvalue weighted by atomic mass is 10.0. The second kappa shape index (κ2) is 6.33. The van der Waals surface area contributed by atoms with Crippen molar-refractivity contribution >= 4 is 11.8 Å². The van der Waals surface area contributed by atoms with E-state index in [4.69, 9.17) is 4.74 Å². The zero-order valence-electron chi connectivity index (χ0n) is 11.7. The molecule has 5 heteroatoms. The van der Waals surface area contributed by atoms with Gasteiger partial charge in [0.25, 0.3) is 0 Å². The zero-order valence-corrected chi connectivity index (χ0v) is 11.7. The van der Waals surface area contributed by atoms with E-state index in [1.165, 1.54) is 7.11 Å². The number of anilines is 1. The lowest BCUT2D eigenvalue weighted by molar-refractivity contribution is -0.141. The van der Waals surface area contributed by atoms with Crippen molar-refractivity contribution in [1.29, 1.82) is 0 Å². The van der Waals surface area contributed by atoms with E-state index >= 15 is 0 Å². The van der Waals surface area contributed by atoms with Gasteiger partial charge in [-0.15, -0.1) is 0 Å². The minimum atomic E-state index is -0.383. The minimum Gasteiger partial charge on any atom is -0.467 e. The van der Waals surface area contributed by atoms with E-state index in [0.717, 1.165) is 11.4 Å². The molecule has 0 amide bonds. The van der Waals surface area contributed by atoms with Gasteiger partial charge < -0.3 is 10.1 Å². The Morgan fingerprint density at radius 3 is 2.56 bits per heavy atom. The standard InChI is InChI=1S/C13H21N3O2/c1-8(2)6-11(13(17)18-5)16-12-7-14-9(3)10(4)15-12/h7-8,11H,6H2,1-5H3,(H,15,16). The summed E-state index contributed by atoms with van der Waals surface area (Å²) < 4.78 is 4.79. The number of carbonyl (C=O) groups is 1. The van der Waals surface area contributed by atoms with Crippen LogP contribution in [0.1, 0.15) is 31.7 Å². The second-order valence-electron chi connectivity index (χ2n) is 4.78. The van der Waals surface area contributed by atoms with E-state index in [2.05, 4.69) is 29.1 Å². The smallest absolute Gasteiger partial charge is 0.328 e. The van der Waals surface area contributed by atoms with E-state index in [-0.39, 0.29) is 12.0 Å². The number of nitrogens with one attached hydrogen (secondary N) is 1. The summed E-state index contributed by atoms with van der Waals surface area (Å²) in [6.45, 7) is 7.91. The van der Waals surface area contributed by atoms with E-state index in [0.29, 0.717) is 18.2 Å². The highest BCUT2D eigenvalue weighted by molar-refractivity contribution is 5.78. The Bertz CT molecular complexity index is 419. The van der Waals surface area contributed by atoms with Gasteiger partial charge in [-0.3, -0.25) is 4.98 Å². The number of rotatable bonds is 5. The molecule has 0 saturated heterocycles. The van der Waals surface area contributed by atoms with Crippen LogP contribution in [0.5, 0.6) is 0 Å². The normalized spacial score (nSPS) is 12.3. The summed E-state index contributed by atoms with van der Waals surface area (Å²) in [4.78, 5) is 20.2. The van der Waals surface area contributed by atoms with Crippen LogP contribution in [0.2, 0.25) is 0 Å². The van der Waals surface area contributed by atoms with Gasteiger partial charge in [0, 0.05) is 0 Å². The third-order valence-corrected chi connectivity index (χ3v) is 2.71. The number of hydrogen-bond acceptors (Lipinski definition) is 5. The molecule has 0 aliphatic heterocycles. The number of nitrogens with zero attached hydrogens (tertiary/aromatic N) is 2. The Hall–Kier alpha value is -1.65. The van der Waals surface area contributed by atoms with Crippen molar-refractivity contribution < 1.29 is 9.53 Å². The summed E-state index contributed by atoms with van der Waals surface area (Å²) in [7, 11) is 1.39. The predicted octanol–water partition coefficient (Wildman–Crippen LogP) is 2.09. The van der Waals surface area contributed by atoms with Crippen molar-refractivity contribution in [1.82, 2.24) is 9.97 Å². The molecule has 0 bridgehead atoms. The van der Waals surface area contributed by atoms with E-state index in [1.807, 2.05) is 13.8 Å². The Kier molecular flexibility index (Phi) is 5.07. The average molecular weight is 251 g/mol. The molecule has 0 spiro atoms. The maximum Gasteiger partial charge on any atom is 0.328 e. The number of esters is 1. The van der Waals surface area contributed by atoms with E-state index in [1.54, 1.807) is 6.20 Å². The Balaban J connectivity index is 2.81. The van der Waals surface area contributed by atoms with Crippen LogP contribution in [0.15, 0.2) is 6.20 Å². The summed E-state index contributed by atoms with van der Waals surface area (Å²) in [5.41, 5.74) is 1.74. The van der Waals surface area contributed by atoms with Crippen LogP contribution in [0, 0.1) is 19.8 Å². The van der Waals surface area contributed by atoms with Crippen LogP contribution >= 0.6 is 0 Å². The van der Waals surface area contributed by atoms with Gasteiger partial charge in [-0.1, -0.05) is 13.8 Å². The SMILES string of the molecule is COC(=O)C(CC(C)C)Nc1cnc(C)c(C)n1. The van der Waals surface area contributed by atoms with Crippen molar-refractivity contribution in [2.75, 3.05) is 12.4 Å². The minimum absolute atomic E-state index is 0.274. The van der Waals surface area contributed by atoms with E-state index in [9.17, 15) is 4.79 Å². The molecule has 0 aliphatic carbocycles. The Morgan fingerprint density at radius 2 is 2.06 bits per heavy atom. The third-order valence-electron chi connectivity index (χ3n) is 2.71. The molecule has 0 aromatic carbocycles. The van der Waals surface area contributed by atoms with E-state index < -0.39 is 0 Å². The van der Waals surface area contributed by atoms with Crippen LogP contribution in [-0.4, -0.2) is 29.1 Å². The van der Waals surface area contributed by atoms with Crippen molar-refractivity contribution in [3.05, 3.63) is 17.6 Å². The highest BCUT2D eigenvalue weighted by atomic mass is 16.5. The molecular weight excluding hydrogens is 230 g/mol. The van der Waals surface area contributed by atoms with Gasteiger partial charge in [0.2, 0.25) is 0 Å². The molecular formula is C13H21N3O2. The number of ether oxygens (including phenoxy) is 1. The molecule has 1 aromatic heterocycles. The summed E-state index contributed by atoms with van der Waals surface area (Å²) in [6, 6.07) is -0.383. The molecule has 0 fully saturated rings. The van der Waals surface area contributed by atoms with Crippen LogP contribution in [-0.2, 0) is 9.53 Å². The molecule has 18 heavy (non-hydrogen) atoms. The number of methoxy groups -OCH3 is 1. The average Bonchev–Trinajstić information content (AvgIpc) is 2.31. The first-order valence-electron chi connectivity index (χ1n) is 6.08. The van der Waals surface area contributed by atoms with Crippen LogP contribution in [0.25, 0.3) is 0 Å². The Morgan fingerprint density at radius 1 is 1.39 bits per heavy atom. The molecule has 1 N–H and O–H groups in total. The monoisotopic (exact) mass is 251 g/mol. The molecule has 1 rings (SSSR count). The molecule has 5 nitrogen and oxygen atoms in total. The first kappa shape index (κ1) is 14.4. The highest BCUT2D eigenvalue weighted by Gasteiger charge is 2.20. The molecule has 1 aromatic rings. The molecule has 0 radical (unpaired) electrons. The Labute approximate surface area is 108 Å². The van der Waals surface area contributed by atoms with Crippen LogP contribution in [0.4, 0.5) is 5.82 Å². The lowest BCUT2D eigenvalue weighted by Crippen LogP contribution is -2.32. The number of aromatic nitrogens is 2. The van der Waals surface area contributed by atoms with Crippen molar-refractivity contribution in [3.8, 4) is 0 Å². The summed E-state index contributed by atoms with van der Waals surface area (Å²) in [6.07, 6.45) is 2.33. The summed E-state index contributed by atoms with van der Waals surface area (Å²) >= 11 is 0. The van der Waals surface area contributed by atoms with Crippen LogP contribution in [0.3, 0.4) is 0 Å². The molecule has 0 aliphatic rings. The van der Waals surface area contributed by atoms with Gasteiger partial charge in [0.05, 0.1) is 24.7 Å². The predicted molar refractivity (Wildman–Crippen MR) is 70.4 cm³/mol. The second-order valence-corrected chi connectivity index (χ2v) is 4.78. The fraction of sp³-hybridized carbons (Fsp3) is 0.615. The third kappa shape index (κ3) is 3.98. The van der Waals surface area contributed by atoms with Crippen LogP contribution < -0.4 is 5.32 Å². The molecule has 1 atom stereocenters. The number of carbonyl (C=O) groups excluding carboxylic acids is 1. The van der Waals surface area contributed by atoms with Gasteiger partial charge >= 0.3 is 5.97 Å². The van der Waals surface area contributed by atoms with Crippen molar-refractivity contribution in [2.24, 2.45) is 5.92 Å². The number of hydrogen-bond donors (Lipinski definition) is 1. The van der Waals surface area contributed by atoms with Gasteiger partial charge in [0.15, 0.2) is 0 Å². The largest absolute Gasteiger partial charge is 0.467 e. The molecule has 1 unspecified atom stereocenters. The number of aryl methyl sites for hydroxylation is 2. The maximum atomic E-state index is 11.7. The fourth-order valence-corrected chi connectivity index (χ4v) is 1.62. The van der Waals surface area contributed by atoms with Gasteiger partial charge in [-0.05, 0) is 26.2 Å². The first-order chi connectivity index (χ1) is 8.43. The summed E-state index contributed by atoms with van der Waals surface area (Å²) in [5, 5.41) is 3.08. The molecule has 100 valence electrons. The van der Waals surface area contributed by atoms with Crippen molar-refractivity contribution in [2.45, 2.75) is 40.2 Å². The van der Waals surface area contributed by atoms with Gasteiger partial charge in [0.1, 0.15) is 11.9 Å². The first-order valence-corrected chi connectivity index (χ1v) is 6.08. The maximum absolute atomic E-state index is 11.7. The summed E-state index contributed by atoms with van der Waals surface area (Å²) in [5.74, 6) is 0.721. The quantitative estimate of drug-likeness (QED) is 0.812. The zero-order chi connectivity index (χ0) is 13.7. The molecule has 1 heterocycles. The van der Waals surface area contributed by atoms with Crippen molar-refractivity contribution in [3.63, 3.8) is 0 Å². The fourth-order valence-electron chi connectivity index (χ4n) is 1.62. The van der Waals surface area contributed by atoms with Gasteiger partial charge in [-0.25, -0.2) is 9.78 Å². The topological polar surface area (TPSA) is 64.1 Å². The highest BCUT2D eigenvalue weighted by Crippen LogP contribution is 2.13. The lowest BCUT2D eigenvalue weighted by Gasteiger charge is -2.18.